The first-order valence-electron chi connectivity index (χ1n) is 12.9. The summed E-state index contributed by atoms with van der Waals surface area (Å²) in [6, 6.07) is 10.2. The number of aromatic nitrogens is 4. The summed E-state index contributed by atoms with van der Waals surface area (Å²) in [6.45, 7) is 2.62. The molecule has 0 spiro atoms. The minimum atomic E-state index is -4.76. The smallest absolute Gasteiger partial charge is 0.406 e. The lowest BCUT2D eigenvalue weighted by atomic mass is 10.0. The highest BCUT2D eigenvalue weighted by Crippen LogP contribution is 2.30. The maximum absolute atomic E-state index is 12.6. The van der Waals surface area contributed by atoms with Crippen LogP contribution in [0.15, 0.2) is 48.8 Å². The molecule has 0 aliphatic carbocycles. The third-order valence-electron chi connectivity index (χ3n) is 6.01. The van der Waals surface area contributed by atoms with Gasteiger partial charge < -0.3 is 30.9 Å². The van der Waals surface area contributed by atoms with Gasteiger partial charge in [-0.15, -0.1) is 18.3 Å². The van der Waals surface area contributed by atoms with Crippen molar-refractivity contribution in [2.45, 2.75) is 32.2 Å². The Labute approximate surface area is 229 Å². The summed E-state index contributed by atoms with van der Waals surface area (Å²) in [5.41, 5.74) is 10.6. The Morgan fingerprint density at radius 3 is 2.60 bits per heavy atom. The molecule has 2 aromatic heterocycles. The van der Waals surface area contributed by atoms with Crippen LogP contribution in [-0.4, -0.2) is 64.8 Å². The van der Waals surface area contributed by atoms with Crippen LogP contribution in [0.1, 0.15) is 24.0 Å². The van der Waals surface area contributed by atoms with Gasteiger partial charge in [0.25, 0.3) is 0 Å². The van der Waals surface area contributed by atoms with Gasteiger partial charge in [-0.2, -0.15) is 10.2 Å². The molecule has 0 unspecified atom stereocenters. The van der Waals surface area contributed by atoms with E-state index in [0.29, 0.717) is 49.8 Å². The first-order chi connectivity index (χ1) is 19.3. The van der Waals surface area contributed by atoms with Crippen LogP contribution in [0, 0.1) is 0 Å². The Hall–Kier alpha value is -3.94. The van der Waals surface area contributed by atoms with Crippen molar-refractivity contribution in [1.82, 2.24) is 25.7 Å². The third-order valence-corrected chi connectivity index (χ3v) is 6.01. The number of halogens is 3. The molecule has 0 aliphatic rings. The van der Waals surface area contributed by atoms with Crippen LogP contribution >= 0.6 is 0 Å². The monoisotopic (exact) mass is 559 g/mol. The van der Waals surface area contributed by atoms with Crippen LogP contribution in [0.4, 0.5) is 24.7 Å². The predicted molar refractivity (Wildman–Crippen MR) is 146 cm³/mol. The van der Waals surface area contributed by atoms with E-state index >= 15 is 0 Å². The number of hydrogen-bond donors (Lipinski definition) is 5. The summed E-state index contributed by atoms with van der Waals surface area (Å²) in [7, 11) is 0. The van der Waals surface area contributed by atoms with E-state index in [1.54, 1.807) is 24.5 Å². The number of nitrogens with one attached hydrogen (secondary N) is 3. The van der Waals surface area contributed by atoms with Crippen molar-refractivity contribution in [3.05, 3.63) is 59.9 Å². The third kappa shape index (κ3) is 8.79. The van der Waals surface area contributed by atoms with E-state index in [1.807, 2.05) is 12.1 Å². The lowest BCUT2D eigenvalue weighted by Crippen LogP contribution is -2.18. The fraction of sp³-hybridized carbons (Fsp3) is 0.370. The standard InChI is InChI=1S/C27H32F3N7O3/c28-27(29,30)40-22-10-18(3-6-38)9-19(11-22)15-32-4-1-2-7-39-8-5-33-24-12-20(13-25-23(24)17-35-36-25)21-14-26(31)37-34-16-21/h9-14,16-17,32-33,38H,1-8,15H2,(H2,31,37)(H,35,36). The van der Waals surface area contributed by atoms with Crippen molar-refractivity contribution in [2.75, 3.05) is 44.0 Å². The maximum atomic E-state index is 12.6. The van der Waals surface area contributed by atoms with Crippen molar-refractivity contribution in [2.24, 2.45) is 0 Å². The fourth-order valence-electron chi connectivity index (χ4n) is 4.25. The summed E-state index contributed by atoms with van der Waals surface area (Å²) >= 11 is 0. The van der Waals surface area contributed by atoms with Crippen LogP contribution in [0.5, 0.6) is 5.75 Å². The van der Waals surface area contributed by atoms with Crippen molar-refractivity contribution in [3.8, 4) is 16.9 Å². The number of nitrogen functional groups attached to an aromatic ring is 1. The molecule has 40 heavy (non-hydrogen) atoms. The number of aromatic amines is 1. The Bertz CT molecular complexity index is 1380. The molecule has 214 valence electrons. The number of benzene rings is 2. The van der Waals surface area contributed by atoms with Crippen molar-refractivity contribution in [1.29, 1.82) is 0 Å². The molecule has 0 radical (unpaired) electrons. The Balaban J connectivity index is 1.16. The molecule has 2 heterocycles. The van der Waals surface area contributed by atoms with Crippen LogP contribution in [0.3, 0.4) is 0 Å². The number of aliphatic hydroxyl groups is 1. The molecule has 0 saturated heterocycles. The van der Waals surface area contributed by atoms with E-state index in [9.17, 15) is 13.2 Å². The number of H-pyrrole nitrogens is 1. The van der Waals surface area contributed by atoms with Gasteiger partial charge in [0.2, 0.25) is 0 Å². The van der Waals surface area contributed by atoms with Gasteiger partial charge in [0.1, 0.15) is 11.6 Å². The van der Waals surface area contributed by atoms with Gasteiger partial charge >= 0.3 is 6.36 Å². The van der Waals surface area contributed by atoms with Gasteiger partial charge in [0, 0.05) is 42.9 Å². The summed E-state index contributed by atoms with van der Waals surface area (Å²) < 4.78 is 47.6. The largest absolute Gasteiger partial charge is 0.573 e. The van der Waals surface area contributed by atoms with E-state index < -0.39 is 6.36 Å². The van der Waals surface area contributed by atoms with Crippen LogP contribution in [0.25, 0.3) is 22.0 Å². The fourth-order valence-corrected chi connectivity index (χ4v) is 4.25. The number of nitrogens with zero attached hydrogens (tertiary/aromatic N) is 3. The zero-order valence-electron chi connectivity index (χ0n) is 21.8. The molecule has 0 saturated carbocycles. The quantitative estimate of drug-likeness (QED) is 0.136. The van der Waals surface area contributed by atoms with E-state index in [1.165, 1.54) is 12.1 Å². The van der Waals surface area contributed by atoms with Crippen molar-refractivity contribution in [3.63, 3.8) is 0 Å². The summed E-state index contributed by atoms with van der Waals surface area (Å²) in [5, 5.41) is 31.6. The zero-order valence-corrected chi connectivity index (χ0v) is 21.8. The van der Waals surface area contributed by atoms with Gasteiger partial charge in [-0.1, -0.05) is 6.07 Å². The number of hydrogen-bond acceptors (Lipinski definition) is 9. The number of nitrogens with two attached hydrogens (primary N) is 1. The second kappa shape index (κ2) is 13.9. The Morgan fingerprint density at radius 2 is 1.80 bits per heavy atom. The molecule has 0 fully saturated rings. The molecular formula is C27H32F3N7O3. The molecule has 10 nitrogen and oxygen atoms in total. The normalized spacial score (nSPS) is 11.7. The van der Waals surface area contributed by atoms with Gasteiger partial charge in [-0.25, -0.2) is 0 Å². The molecule has 2 aromatic carbocycles. The minimum absolute atomic E-state index is 0.156. The van der Waals surface area contributed by atoms with Crippen LogP contribution in [0.2, 0.25) is 0 Å². The Kier molecular flexibility index (Phi) is 10.1. The topological polar surface area (TPSA) is 143 Å². The Morgan fingerprint density at radius 1 is 0.950 bits per heavy atom. The van der Waals surface area contributed by atoms with Crippen LogP contribution in [-0.2, 0) is 17.7 Å². The molecule has 0 amide bonds. The van der Waals surface area contributed by atoms with E-state index in [0.717, 1.165) is 40.6 Å². The number of anilines is 2. The van der Waals surface area contributed by atoms with Gasteiger partial charge in [-0.05, 0) is 72.8 Å². The SMILES string of the molecule is Nc1cc(-c2cc(NCCOCCCCNCc3cc(CCO)cc(OC(F)(F)F)c3)c3cn[nH]c3c2)cnn1. The summed E-state index contributed by atoms with van der Waals surface area (Å²) in [4.78, 5) is 0. The molecule has 4 aromatic rings. The molecule has 0 bridgehead atoms. The first kappa shape index (κ1) is 29.1. The molecular weight excluding hydrogens is 527 g/mol. The highest BCUT2D eigenvalue weighted by molar-refractivity contribution is 5.95. The predicted octanol–water partition coefficient (Wildman–Crippen LogP) is 4.03. The first-order valence-corrected chi connectivity index (χ1v) is 12.9. The highest BCUT2D eigenvalue weighted by Gasteiger charge is 2.31. The second-order valence-electron chi connectivity index (χ2n) is 9.15. The summed E-state index contributed by atoms with van der Waals surface area (Å²) in [5.74, 6) is 0.0637. The molecule has 0 atom stereocenters. The maximum Gasteiger partial charge on any atom is 0.573 e. The van der Waals surface area contributed by atoms with E-state index in [2.05, 4.69) is 35.8 Å². The number of ether oxygens (including phenoxy) is 2. The minimum Gasteiger partial charge on any atom is -0.406 e. The molecule has 0 aliphatic heterocycles. The number of alkyl halides is 3. The zero-order chi connectivity index (χ0) is 28.4. The van der Waals surface area contributed by atoms with Gasteiger partial charge in [0.05, 0.1) is 24.5 Å². The number of unbranched alkanes of at least 4 members (excludes halogenated alkanes) is 1. The highest BCUT2D eigenvalue weighted by atomic mass is 19.4. The van der Waals surface area contributed by atoms with E-state index in [-0.39, 0.29) is 18.8 Å². The lowest BCUT2D eigenvalue weighted by molar-refractivity contribution is -0.274. The average molecular weight is 560 g/mol. The van der Waals surface area contributed by atoms with Gasteiger partial charge in [0.15, 0.2) is 0 Å². The second-order valence-corrected chi connectivity index (χ2v) is 9.15. The van der Waals surface area contributed by atoms with Crippen molar-refractivity contribution >= 4 is 22.4 Å². The number of rotatable bonds is 15. The van der Waals surface area contributed by atoms with Gasteiger partial charge in [-0.3, -0.25) is 5.10 Å². The average Bonchev–Trinajstić information content (AvgIpc) is 3.38. The molecule has 13 heteroatoms. The molecule has 6 N–H and O–H groups in total. The number of fused-ring (bicyclic) bond motifs is 1. The molecule has 4 rings (SSSR count). The summed E-state index contributed by atoms with van der Waals surface area (Å²) in [6.07, 6.45) is 0.587. The van der Waals surface area contributed by atoms with Crippen LogP contribution < -0.4 is 21.1 Å². The number of aliphatic hydroxyl groups excluding tert-OH is 1. The van der Waals surface area contributed by atoms with Crippen molar-refractivity contribution < 1.29 is 27.8 Å². The van der Waals surface area contributed by atoms with E-state index in [4.69, 9.17) is 15.6 Å². The lowest BCUT2D eigenvalue weighted by Gasteiger charge is -2.13.